The van der Waals surface area contributed by atoms with Crippen LogP contribution in [0.1, 0.15) is 0 Å². The van der Waals surface area contributed by atoms with Crippen molar-refractivity contribution in [2.24, 2.45) is 0 Å². The van der Waals surface area contributed by atoms with Gasteiger partial charge in [-0.1, -0.05) is 47.4 Å². The van der Waals surface area contributed by atoms with Crippen LogP contribution in [-0.2, 0) is 4.79 Å². The summed E-state index contributed by atoms with van der Waals surface area (Å²) in [4.78, 5) is 34.2. The molecule has 3 N–H and O–H groups in total. The van der Waals surface area contributed by atoms with Crippen molar-refractivity contribution < 1.29 is 14.5 Å². The van der Waals surface area contributed by atoms with Gasteiger partial charge in [0, 0.05) is 23.5 Å². The zero-order valence-corrected chi connectivity index (χ0v) is 16.3. The third-order valence-corrected chi connectivity index (χ3v) is 5.30. The number of nitrogens with one attached hydrogen (secondary N) is 3. The smallest absolute Gasteiger partial charge is 0.325 e. The standard InChI is InChI=1S/C17H14N6O4S2/c24-14(18-12-7-4-8-13(9-12)23(26)27)10-28-17-22-21-16(29-17)20-15(25)19-11-5-2-1-3-6-11/h1-9H,10H2,(H,18,24)(H2,19,20,21,25). The molecule has 0 unspecified atom stereocenters. The zero-order valence-electron chi connectivity index (χ0n) is 14.7. The highest BCUT2D eigenvalue weighted by molar-refractivity contribution is 8.01. The van der Waals surface area contributed by atoms with Crippen LogP contribution in [0.15, 0.2) is 58.9 Å². The summed E-state index contributed by atoms with van der Waals surface area (Å²) < 4.78 is 0.495. The molecule has 1 aromatic heterocycles. The van der Waals surface area contributed by atoms with Crippen molar-refractivity contribution >= 4 is 57.2 Å². The van der Waals surface area contributed by atoms with E-state index in [-0.39, 0.29) is 17.3 Å². The van der Waals surface area contributed by atoms with E-state index in [1.165, 1.54) is 18.2 Å². The Morgan fingerprint density at radius 3 is 2.52 bits per heavy atom. The molecule has 3 aromatic rings. The molecule has 0 saturated carbocycles. The fraction of sp³-hybridized carbons (Fsp3) is 0.0588. The summed E-state index contributed by atoms with van der Waals surface area (Å²) in [6, 6.07) is 14.2. The fourth-order valence-corrected chi connectivity index (χ4v) is 3.67. The van der Waals surface area contributed by atoms with Gasteiger partial charge in [0.15, 0.2) is 4.34 Å². The van der Waals surface area contributed by atoms with Gasteiger partial charge in [-0.3, -0.25) is 20.2 Å². The lowest BCUT2D eigenvalue weighted by Crippen LogP contribution is -2.19. The van der Waals surface area contributed by atoms with Crippen LogP contribution in [0.25, 0.3) is 0 Å². The molecule has 2 aromatic carbocycles. The number of nitro groups is 1. The van der Waals surface area contributed by atoms with Crippen molar-refractivity contribution in [3.8, 4) is 0 Å². The fourth-order valence-electron chi connectivity index (χ4n) is 2.12. The second-order valence-corrected chi connectivity index (χ2v) is 7.66. The normalized spacial score (nSPS) is 10.2. The molecule has 0 atom stereocenters. The van der Waals surface area contributed by atoms with E-state index >= 15 is 0 Å². The Kier molecular flexibility index (Phi) is 6.71. The number of hydrogen-bond acceptors (Lipinski definition) is 8. The monoisotopic (exact) mass is 430 g/mol. The Balaban J connectivity index is 1.47. The maximum atomic E-state index is 12.0. The van der Waals surface area contributed by atoms with Crippen molar-refractivity contribution in [1.29, 1.82) is 0 Å². The van der Waals surface area contributed by atoms with Crippen LogP contribution < -0.4 is 16.0 Å². The first-order valence-corrected chi connectivity index (χ1v) is 9.93. The van der Waals surface area contributed by atoms with Crippen molar-refractivity contribution in [3.05, 3.63) is 64.7 Å². The van der Waals surface area contributed by atoms with Gasteiger partial charge in [-0.15, -0.1) is 10.2 Å². The van der Waals surface area contributed by atoms with Gasteiger partial charge >= 0.3 is 6.03 Å². The van der Waals surface area contributed by atoms with E-state index in [0.29, 0.717) is 20.8 Å². The second-order valence-electron chi connectivity index (χ2n) is 5.46. The highest BCUT2D eigenvalue weighted by Crippen LogP contribution is 2.26. The Bertz CT molecular complexity index is 1030. The molecule has 3 amide bonds. The quantitative estimate of drug-likeness (QED) is 0.224. The number of anilines is 3. The van der Waals surface area contributed by atoms with Crippen molar-refractivity contribution in [3.63, 3.8) is 0 Å². The van der Waals surface area contributed by atoms with Crippen LogP contribution in [0, 0.1) is 10.1 Å². The number of aromatic nitrogens is 2. The number of nitro benzene ring substituents is 1. The first-order valence-electron chi connectivity index (χ1n) is 8.13. The molecule has 10 nitrogen and oxygen atoms in total. The Morgan fingerprint density at radius 2 is 1.76 bits per heavy atom. The maximum absolute atomic E-state index is 12.0. The molecular weight excluding hydrogens is 416 g/mol. The summed E-state index contributed by atoms with van der Waals surface area (Å²) in [6.07, 6.45) is 0. The Labute approximate surface area is 172 Å². The number of amides is 3. The minimum Gasteiger partial charge on any atom is -0.325 e. The molecular formula is C17H14N6O4S2. The van der Waals surface area contributed by atoms with Gasteiger partial charge in [0.25, 0.3) is 5.69 Å². The number of rotatable bonds is 7. The summed E-state index contributed by atoms with van der Waals surface area (Å²) in [5, 5.41) is 26.7. The summed E-state index contributed by atoms with van der Waals surface area (Å²) in [7, 11) is 0. The zero-order chi connectivity index (χ0) is 20.6. The summed E-state index contributed by atoms with van der Waals surface area (Å²) in [5.74, 6) is -0.310. The molecule has 0 aliphatic rings. The van der Waals surface area contributed by atoms with E-state index in [2.05, 4.69) is 26.1 Å². The molecule has 0 aliphatic carbocycles. The molecule has 0 spiro atoms. The molecule has 3 rings (SSSR count). The van der Waals surface area contributed by atoms with Crippen molar-refractivity contribution in [2.45, 2.75) is 4.34 Å². The third-order valence-electron chi connectivity index (χ3n) is 3.33. The van der Waals surface area contributed by atoms with Crippen molar-refractivity contribution in [2.75, 3.05) is 21.7 Å². The molecule has 0 aliphatic heterocycles. The number of carbonyl (C=O) groups excluding carboxylic acids is 2. The molecule has 0 saturated heterocycles. The Hall–Kier alpha value is -3.51. The number of para-hydroxylation sites is 1. The molecule has 0 fully saturated rings. The van der Waals surface area contributed by atoms with Crippen LogP contribution in [0.3, 0.4) is 0 Å². The van der Waals surface area contributed by atoms with Gasteiger partial charge < -0.3 is 10.6 Å². The van der Waals surface area contributed by atoms with Crippen LogP contribution in [-0.4, -0.2) is 32.8 Å². The average Bonchev–Trinajstić information content (AvgIpc) is 3.14. The first kappa shape index (κ1) is 20.2. The van der Waals surface area contributed by atoms with E-state index in [1.54, 1.807) is 30.3 Å². The SMILES string of the molecule is O=C(CSc1nnc(NC(=O)Nc2ccccc2)s1)Nc1cccc([N+](=O)[O-])c1. The summed E-state index contributed by atoms with van der Waals surface area (Å²) in [6.45, 7) is 0. The van der Waals surface area contributed by atoms with Gasteiger partial charge in [0.2, 0.25) is 11.0 Å². The molecule has 0 bridgehead atoms. The topological polar surface area (TPSA) is 139 Å². The largest absolute Gasteiger partial charge is 0.325 e. The van der Waals surface area contributed by atoms with Gasteiger partial charge in [-0.05, 0) is 18.2 Å². The number of thioether (sulfide) groups is 1. The highest BCUT2D eigenvalue weighted by atomic mass is 32.2. The van der Waals surface area contributed by atoms with Gasteiger partial charge in [-0.25, -0.2) is 4.79 Å². The van der Waals surface area contributed by atoms with Crippen LogP contribution in [0.5, 0.6) is 0 Å². The maximum Gasteiger partial charge on any atom is 0.325 e. The third kappa shape index (κ3) is 6.26. The van der Waals surface area contributed by atoms with Crippen LogP contribution in [0.4, 0.5) is 27.0 Å². The number of benzene rings is 2. The minimum absolute atomic E-state index is 0.0353. The highest BCUT2D eigenvalue weighted by Gasteiger charge is 2.12. The van der Waals surface area contributed by atoms with E-state index in [0.717, 1.165) is 23.1 Å². The lowest BCUT2D eigenvalue weighted by Gasteiger charge is -2.04. The van der Waals surface area contributed by atoms with E-state index in [9.17, 15) is 19.7 Å². The van der Waals surface area contributed by atoms with Gasteiger partial charge in [-0.2, -0.15) is 0 Å². The number of non-ortho nitro benzene ring substituents is 1. The van der Waals surface area contributed by atoms with Crippen LogP contribution in [0.2, 0.25) is 0 Å². The molecule has 29 heavy (non-hydrogen) atoms. The van der Waals surface area contributed by atoms with Gasteiger partial charge in [0.1, 0.15) is 0 Å². The van der Waals surface area contributed by atoms with Gasteiger partial charge in [0.05, 0.1) is 10.7 Å². The lowest BCUT2D eigenvalue weighted by atomic mass is 10.3. The van der Waals surface area contributed by atoms with Crippen molar-refractivity contribution in [1.82, 2.24) is 10.2 Å². The summed E-state index contributed by atoms with van der Waals surface area (Å²) >= 11 is 2.26. The average molecular weight is 430 g/mol. The van der Waals surface area contributed by atoms with E-state index in [4.69, 9.17) is 0 Å². The summed E-state index contributed by atoms with van der Waals surface area (Å²) in [5.41, 5.74) is 0.869. The molecule has 12 heteroatoms. The molecule has 0 radical (unpaired) electrons. The minimum atomic E-state index is -0.534. The predicted octanol–water partition coefficient (Wildman–Crippen LogP) is 3.82. The lowest BCUT2D eigenvalue weighted by molar-refractivity contribution is -0.384. The molecule has 148 valence electrons. The van der Waals surface area contributed by atoms with Crippen LogP contribution >= 0.6 is 23.1 Å². The number of nitrogens with zero attached hydrogens (tertiary/aromatic N) is 3. The first-order chi connectivity index (χ1) is 14.0. The predicted molar refractivity (Wildman–Crippen MR) is 111 cm³/mol. The number of carbonyl (C=O) groups is 2. The van der Waals surface area contributed by atoms with E-state index in [1.807, 2.05) is 6.07 Å². The Morgan fingerprint density at radius 1 is 1.00 bits per heavy atom. The number of urea groups is 1. The number of hydrogen-bond donors (Lipinski definition) is 3. The van der Waals surface area contributed by atoms with E-state index < -0.39 is 11.0 Å². The molecule has 1 heterocycles. The second kappa shape index (κ2) is 9.61.